The molecule has 1 aliphatic heterocycles. The number of rotatable bonds is 8. The van der Waals surface area contributed by atoms with Gasteiger partial charge in [0.15, 0.2) is 6.04 Å². The van der Waals surface area contributed by atoms with Crippen molar-refractivity contribution in [1.29, 1.82) is 0 Å². The minimum atomic E-state index is -2.92. The normalized spacial score (nSPS) is 16.2. The summed E-state index contributed by atoms with van der Waals surface area (Å²) in [4.78, 5) is 40.7. The second kappa shape index (κ2) is 10.8. The Hall–Kier alpha value is -2.59. The van der Waals surface area contributed by atoms with Gasteiger partial charge in [-0.25, -0.2) is 8.78 Å². The summed E-state index contributed by atoms with van der Waals surface area (Å²) >= 11 is 0. The van der Waals surface area contributed by atoms with E-state index in [1.54, 1.807) is 4.90 Å². The molecule has 1 fully saturated rings. The van der Waals surface area contributed by atoms with Crippen LogP contribution in [-0.2, 0) is 19.1 Å². The van der Waals surface area contributed by atoms with Gasteiger partial charge < -0.3 is 20.7 Å². The van der Waals surface area contributed by atoms with Crippen molar-refractivity contribution in [3.05, 3.63) is 23.8 Å². The van der Waals surface area contributed by atoms with E-state index in [1.807, 2.05) is 41.5 Å². The first-order valence-electron chi connectivity index (χ1n) is 11.2. The fourth-order valence-corrected chi connectivity index (χ4v) is 3.94. The number of nitrogens with one attached hydrogen (secondary N) is 1. The van der Waals surface area contributed by atoms with Crippen LogP contribution in [-0.4, -0.2) is 61.5 Å². The Morgan fingerprint density at radius 1 is 1.15 bits per heavy atom. The molecule has 2 rings (SSSR count). The van der Waals surface area contributed by atoms with E-state index in [4.69, 9.17) is 10.5 Å². The zero-order valence-corrected chi connectivity index (χ0v) is 20.8. The number of anilines is 2. The molecule has 8 nitrogen and oxygen atoms in total. The van der Waals surface area contributed by atoms with E-state index in [9.17, 15) is 23.2 Å². The number of halogens is 2. The Kier molecular flexibility index (Phi) is 8.76. The molecule has 0 radical (unpaired) electrons. The summed E-state index contributed by atoms with van der Waals surface area (Å²) in [6, 6.07) is 2.62. The molecule has 0 unspecified atom stereocenters. The number of ether oxygens (including phenoxy) is 1. The second-order valence-corrected chi connectivity index (χ2v) is 11.0. The number of primary amides is 1. The predicted octanol–water partition coefficient (Wildman–Crippen LogP) is 3.17. The molecule has 1 aliphatic rings. The zero-order chi connectivity index (χ0) is 25.8. The molecule has 3 N–H and O–H groups in total. The number of carbonyl (C=O) groups is 3. The molecule has 1 saturated heterocycles. The lowest BCUT2D eigenvalue weighted by atomic mass is 9.90. The summed E-state index contributed by atoms with van der Waals surface area (Å²) < 4.78 is 32.9. The van der Waals surface area contributed by atoms with E-state index in [0.717, 1.165) is 0 Å². The molecule has 1 aromatic carbocycles. The van der Waals surface area contributed by atoms with Crippen molar-refractivity contribution in [2.24, 2.45) is 16.6 Å². The molecule has 0 aliphatic carbocycles. The van der Waals surface area contributed by atoms with Gasteiger partial charge in [0.05, 0.1) is 6.61 Å². The molecule has 0 saturated carbocycles. The maximum Gasteiger partial charge on any atom is 0.265 e. The first-order chi connectivity index (χ1) is 15.6. The van der Waals surface area contributed by atoms with Gasteiger partial charge in [-0.1, -0.05) is 41.5 Å². The Morgan fingerprint density at radius 2 is 1.74 bits per heavy atom. The zero-order valence-electron chi connectivity index (χ0n) is 20.8. The van der Waals surface area contributed by atoms with E-state index in [2.05, 4.69) is 5.32 Å². The Bertz CT molecular complexity index is 893. The molecule has 0 aromatic heterocycles. The highest BCUT2D eigenvalue weighted by Gasteiger charge is 2.36. The molecule has 1 aromatic rings. The standard InChI is InChI=1S/C24H36F2N4O4/c1-23(2,3)13-29(14-24(4,5)6)19(21(27)32)22(33)28-17-8-7-15(11-16(17)20(25)26)30-9-10-34-12-18(30)31/h7-8,11,19-20H,9-10,12-14H2,1-6H3,(H2,27,32)(H,28,33)/t19-/m1/s1. The number of alkyl halides is 2. The number of amides is 3. The van der Waals surface area contributed by atoms with Crippen LogP contribution in [0.1, 0.15) is 53.5 Å². The fraction of sp³-hybridized carbons (Fsp3) is 0.625. The monoisotopic (exact) mass is 482 g/mol. The summed E-state index contributed by atoms with van der Waals surface area (Å²) in [7, 11) is 0. The van der Waals surface area contributed by atoms with Gasteiger partial charge >= 0.3 is 0 Å². The minimum absolute atomic E-state index is 0.125. The first kappa shape index (κ1) is 27.7. The third-order valence-corrected chi connectivity index (χ3v) is 5.06. The number of morpholine rings is 1. The van der Waals surface area contributed by atoms with Crippen molar-refractivity contribution >= 4 is 29.1 Å². The SMILES string of the molecule is CC(C)(C)CN(CC(C)(C)C)[C@H](C(N)=O)C(=O)Nc1ccc(N2CCOCC2=O)cc1C(F)F. The van der Waals surface area contributed by atoms with E-state index in [0.29, 0.717) is 19.7 Å². The highest BCUT2D eigenvalue weighted by Crippen LogP contribution is 2.32. The number of hydrogen-bond acceptors (Lipinski definition) is 5. The molecule has 10 heteroatoms. The van der Waals surface area contributed by atoms with Gasteiger partial charge in [-0.05, 0) is 29.0 Å². The van der Waals surface area contributed by atoms with Crippen LogP contribution in [0.3, 0.4) is 0 Å². The average molecular weight is 483 g/mol. The van der Waals surface area contributed by atoms with E-state index in [-0.39, 0.29) is 41.3 Å². The Balaban J connectivity index is 2.37. The number of nitrogens with zero attached hydrogens (tertiary/aromatic N) is 2. The van der Waals surface area contributed by atoms with E-state index >= 15 is 0 Å². The third-order valence-electron chi connectivity index (χ3n) is 5.06. The van der Waals surface area contributed by atoms with Crippen LogP contribution in [0.2, 0.25) is 0 Å². The molecular weight excluding hydrogens is 446 g/mol. The van der Waals surface area contributed by atoms with E-state index < -0.39 is 29.8 Å². The van der Waals surface area contributed by atoms with Crippen molar-refractivity contribution in [1.82, 2.24) is 4.90 Å². The quantitative estimate of drug-likeness (QED) is 0.554. The van der Waals surface area contributed by atoms with Gasteiger partial charge in [-0.2, -0.15) is 0 Å². The summed E-state index contributed by atoms with van der Waals surface area (Å²) in [6.07, 6.45) is -2.92. The van der Waals surface area contributed by atoms with Gasteiger partial charge in [0, 0.05) is 36.6 Å². The van der Waals surface area contributed by atoms with Crippen LogP contribution >= 0.6 is 0 Å². The van der Waals surface area contributed by atoms with Crippen molar-refractivity contribution in [3.63, 3.8) is 0 Å². The van der Waals surface area contributed by atoms with Crippen molar-refractivity contribution in [2.45, 2.75) is 54.0 Å². The maximum absolute atomic E-state index is 13.9. The lowest BCUT2D eigenvalue weighted by molar-refractivity contribution is -0.133. The summed E-state index contributed by atoms with van der Waals surface area (Å²) in [5.74, 6) is -1.98. The highest BCUT2D eigenvalue weighted by atomic mass is 19.3. The predicted molar refractivity (Wildman–Crippen MR) is 127 cm³/mol. The first-order valence-corrected chi connectivity index (χ1v) is 11.2. The molecule has 3 amide bonds. The molecule has 190 valence electrons. The van der Waals surface area contributed by atoms with Crippen LogP contribution in [0.25, 0.3) is 0 Å². The van der Waals surface area contributed by atoms with Gasteiger partial charge in [0.1, 0.15) is 6.61 Å². The Morgan fingerprint density at radius 3 is 2.21 bits per heavy atom. The van der Waals surface area contributed by atoms with Crippen LogP contribution in [0, 0.1) is 10.8 Å². The van der Waals surface area contributed by atoms with Crippen molar-refractivity contribution in [3.8, 4) is 0 Å². The topological polar surface area (TPSA) is 105 Å². The number of hydrogen-bond donors (Lipinski definition) is 2. The number of carbonyl (C=O) groups excluding carboxylic acids is 3. The van der Waals surface area contributed by atoms with Crippen molar-refractivity contribution in [2.75, 3.05) is 43.1 Å². The molecular formula is C24H36F2N4O4. The molecule has 34 heavy (non-hydrogen) atoms. The lowest BCUT2D eigenvalue weighted by Gasteiger charge is -2.38. The average Bonchev–Trinajstić information content (AvgIpc) is 2.65. The number of nitrogens with two attached hydrogens (primary N) is 1. The third kappa shape index (κ3) is 7.73. The smallest absolute Gasteiger partial charge is 0.265 e. The van der Waals surface area contributed by atoms with Gasteiger partial charge in [0.2, 0.25) is 5.91 Å². The second-order valence-electron chi connectivity index (χ2n) is 11.0. The van der Waals surface area contributed by atoms with Crippen molar-refractivity contribution < 1.29 is 27.9 Å². The fourth-order valence-electron chi connectivity index (χ4n) is 3.94. The maximum atomic E-state index is 13.9. The van der Waals surface area contributed by atoms with Crippen LogP contribution in [0.5, 0.6) is 0 Å². The van der Waals surface area contributed by atoms with Crippen LogP contribution < -0.4 is 16.0 Å². The largest absolute Gasteiger partial charge is 0.370 e. The van der Waals surface area contributed by atoms with Gasteiger partial charge in [0.25, 0.3) is 18.2 Å². The summed E-state index contributed by atoms with van der Waals surface area (Å²) in [5.41, 5.74) is 4.82. The summed E-state index contributed by atoms with van der Waals surface area (Å²) in [6.45, 7) is 13.0. The molecule has 1 heterocycles. The highest BCUT2D eigenvalue weighted by molar-refractivity contribution is 6.10. The van der Waals surface area contributed by atoms with Gasteiger partial charge in [-0.15, -0.1) is 0 Å². The molecule has 0 spiro atoms. The van der Waals surface area contributed by atoms with Crippen LogP contribution in [0.15, 0.2) is 18.2 Å². The number of benzene rings is 1. The minimum Gasteiger partial charge on any atom is -0.370 e. The Labute approximate surface area is 199 Å². The lowest BCUT2D eigenvalue weighted by Crippen LogP contribution is -2.56. The summed E-state index contributed by atoms with van der Waals surface area (Å²) in [5, 5.41) is 2.48. The van der Waals surface area contributed by atoms with E-state index in [1.165, 1.54) is 23.1 Å². The van der Waals surface area contributed by atoms with Crippen LogP contribution in [0.4, 0.5) is 20.2 Å². The molecule has 1 atom stereocenters. The van der Waals surface area contributed by atoms with Gasteiger partial charge in [-0.3, -0.25) is 19.3 Å². The molecule has 0 bridgehead atoms.